The minimum Gasteiger partial charge on any atom is -0.389 e. The van der Waals surface area contributed by atoms with E-state index in [-0.39, 0.29) is 0 Å². The van der Waals surface area contributed by atoms with Crippen molar-refractivity contribution in [2.75, 3.05) is 0 Å². The topological polar surface area (TPSA) is 37.3 Å². The Hall–Kier alpha value is -1.71. The van der Waals surface area contributed by atoms with Crippen LogP contribution in [0.25, 0.3) is 4.91 Å². The molecule has 1 N–H and O–H groups in total. The molecular formula is C17H18O2S. The van der Waals surface area contributed by atoms with Crippen molar-refractivity contribution < 1.29 is 9.32 Å². The van der Waals surface area contributed by atoms with Crippen molar-refractivity contribution in [2.24, 2.45) is 0 Å². The zero-order chi connectivity index (χ0) is 14.5. The smallest absolute Gasteiger partial charge is 0.0853 e. The van der Waals surface area contributed by atoms with Gasteiger partial charge < -0.3 is 5.11 Å². The number of rotatable bonds is 4. The number of hydrogen-bond acceptors (Lipinski definition) is 2. The van der Waals surface area contributed by atoms with Gasteiger partial charge >= 0.3 is 0 Å². The summed E-state index contributed by atoms with van der Waals surface area (Å²) < 4.78 is 12.7. The zero-order valence-corrected chi connectivity index (χ0v) is 12.4. The molecule has 2 rings (SSSR count). The average molecular weight is 286 g/mol. The number of hydrogen-bond donors (Lipinski definition) is 1. The summed E-state index contributed by atoms with van der Waals surface area (Å²) in [5, 5.41) is 9.61. The molecule has 2 aromatic carbocycles. The average Bonchev–Trinajstić information content (AvgIpc) is 2.45. The highest BCUT2D eigenvalue weighted by Crippen LogP contribution is 2.24. The first-order valence-electron chi connectivity index (χ1n) is 6.51. The van der Waals surface area contributed by atoms with Crippen LogP contribution in [0, 0.1) is 6.92 Å². The van der Waals surface area contributed by atoms with Crippen molar-refractivity contribution >= 4 is 15.7 Å². The van der Waals surface area contributed by atoms with Crippen LogP contribution in [0.15, 0.2) is 65.6 Å². The van der Waals surface area contributed by atoms with E-state index in [4.69, 9.17) is 0 Å². The number of aryl methyl sites for hydroxylation is 1. The second-order valence-corrected chi connectivity index (χ2v) is 6.17. The predicted molar refractivity (Wildman–Crippen MR) is 83.7 cm³/mol. The summed E-state index contributed by atoms with van der Waals surface area (Å²) in [4.78, 5) is 1.39. The standard InChI is InChI=1S/C17H18O2S/c1-13-8-10-16(11-9-13)20(19)17(12-14(2)18)15-6-4-3-5-7-15/h3-12,14,18H,1-2H3/b17-12-/t14-,20-/m0/s1. The Bertz CT molecular complexity index is 613. The molecule has 20 heavy (non-hydrogen) atoms. The molecule has 0 amide bonds. The summed E-state index contributed by atoms with van der Waals surface area (Å²) in [6.45, 7) is 3.66. The lowest BCUT2D eigenvalue weighted by molar-refractivity contribution is 0.245. The molecule has 2 aromatic rings. The van der Waals surface area contributed by atoms with Crippen molar-refractivity contribution in [2.45, 2.75) is 24.8 Å². The maximum absolute atomic E-state index is 12.7. The lowest BCUT2D eigenvalue weighted by Gasteiger charge is -2.10. The lowest BCUT2D eigenvalue weighted by atomic mass is 10.2. The zero-order valence-electron chi connectivity index (χ0n) is 11.6. The second kappa shape index (κ2) is 6.64. The van der Waals surface area contributed by atoms with Gasteiger partial charge in [-0.25, -0.2) is 4.21 Å². The summed E-state index contributed by atoms with van der Waals surface area (Å²) >= 11 is 0. The lowest BCUT2D eigenvalue weighted by Crippen LogP contribution is -2.02. The highest BCUT2D eigenvalue weighted by molar-refractivity contribution is 7.94. The highest BCUT2D eigenvalue weighted by atomic mass is 32.2. The van der Waals surface area contributed by atoms with Gasteiger partial charge in [0.1, 0.15) is 0 Å². The molecule has 0 fully saturated rings. The second-order valence-electron chi connectivity index (χ2n) is 4.72. The van der Waals surface area contributed by atoms with E-state index in [0.29, 0.717) is 4.91 Å². The molecule has 3 heteroatoms. The summed E-state index contributed by atoms with van der Waals surface area (Å²) in [5.74, 6) is 0. The summed E-state index contributed by atoms with van der Waals surface area (Å²) in [5.41, 5.74) is 2.00. The SMILES string of the molecule is Cc1ccc([S@](=O)/C(=C\[C@H](C)O)c2ccccc2)cc1. The van der Waals surface area contributed by atoms with Crippen molar-refractivity contribution in [3.05, 3.63) is 71.8 Å². The van der Waals surface area contributed by atoms with E-state index >= 15 is 0 Å². The fourth-order valence-electron chi connectivity index (χ4n) is 1.88. The molecule has 0 radical (unpaired) electrons. The van der Waals surface area contributed by atoms with Crippen LogP contribution < -0.4 is 0 Å². The van der Waals surface area contributed by atoms with Gasteiger partial charge in [-0.15, -0.1) is 0 Å². The van der Waals surface area contributed by atoms with E-state index < -0.39 is 16.9 Å². The van der Waals surface area contributed by atoms with Gasteiger partial charge in [0.25, 0.3) is 0 Å². The van der Waals surface area contributed by atoms with Crippen LogP contribution >= 0.6 is 0 Å². The first kappa shape index (κ1) is 14.7. The number of aliphatic hydroxyl groups excluding tert-OH is 1. The Labute approximate surface area is 122 Å². The van der Waals surface area contributed by atoms with E-state index in [9.17, 15) is 9.32 Å². The van der Waals surface area contributed by atoms with Gasteiger partial charge in [0.15, 0.2) is 0 Å². The van der Waals surface area contributed by atoms with Gasteiger partial charge in [0.2, 0.25) is 0 Å². The molecule has 0 spiro atoms. The van der Waals surface area contributed by atoms with Crippen LogP contribution in [-0.4, -0.2) is 15.4 Å². The molecule has 0 aromatic heterocycles. The fourth-order valence-corrected chi connectivity index (χ4v) is 3.18. The van der Waals surface area contributed by atoms with Gasteiger partial charge in [0.05, 0.1) is 16.9 Å². The van der Waals surface area contributed by atoms with Crippen molar-refractivity contribution in [3.63, 3.8) is 0 Å². The van der Waals surface area contributed by atoms with Crippen LogP contribution in [-0.2, 0) is 10.8 Å². The highest BCUT2D eigenvalue weighted by Gasteiger charge is 2.13. The quantitative estimate of drug-likeness (QED) is 0.933. The van der Waals surface area contributed by atoms with Crippen LogP contribution in [0.2, 0.25) is 0 Å². The molecule has 0 bridgehead atoms. The molecular weight excluding hydrogens is 268 g/mol. The van der Waals surface area contributed by atoms with Crippen molar-refractivity contribution in [3.8, 4) is 0 Å². The van der Waals surface area contributed by atoms with Crippen molar-refractivity contribution in [1.82, 2.24) is 0 Å². The molecule has 0 aliphatic rings. The number of benzene rings is 2. The van der Waals surface area contributed by atoms with Crippen LogP contribution in [0.1, 0.15) is 18.1 Å². The molecule has 2 atom stereocenters. The van der Waals surface area contributed by atoms with Crippen molar-refractivity contribution in [1.29, 1.82) is 0 Å². The first-order valence-corrected chi connectivity index (χ1v) is 7.66. The van der Waals surface area contributed by atoms with E-state index in [2.05, 4.69) is 0 Å². The third kappa shape index (κ3) is 3.65. The maximum atomic E-state index is 12.7. The monoisotopic (exact) mass is 286 g/mol. The van der Waals surface area contributed by atoms with Gasteiger partial charge in [-0.3, -0.25) is 0 Å². The first-order chi connectivity index (χ1) is 9.58. The Balaban J connectivity index is 2.42. The summed E-state index contributed by atoms with van der Waals surface area (Å²) in [6, 6.07) is 17.1. The van der Waals surface area contributed by atoms with Crippen LogP contribution in [0.4, 0.5) is 0 Å². The third-order valence-corrected chi connectivity index (χ3v) is 4.36. The Kier molecular flexibility index (Phi) is 4.88. The van der Waals surface area contributed by atoms with Crippen LogP contribution in [0.5, 0.6) is 0 Å². The fraction of sp³-hybridized carbons (Fsp3) is 0.176. The Morgan fingerprint density at radius 3 is 2.25 bits per heavy atom. The van der Waals surface area contributed by atoms with E-state index in [1.807, 2.05) is 61.5 Å². The van der Waals surface area contributed by atoms with Crippen LogP contribution in [0.3, 0.4) is 0 Å². The Morgan fingerprint density at radius 1 is 1.10 bits per heavy atom. The van der Waals surface area contributed by atoms with E-state index in [1.54, 1.807) is 13.0 Å². The number of aliphatic hydroxyl groups is 1. The minimum absolute atomic E-state index is 0.639. The molecule has 0 aliphatic heterocycles. The Morgan fingerprint density at radius 2 is 1.70 bits per heavy atom. The molecule has 0 saturated carbocycles. The van der Waals surface area contributed by atoms with Gasteiger partial charge in [-0.1, -0.05) is 48.0 Å². The molecule has 104 valence electrons. The summed E-state index contributed by atoms with van der Waals surface area (Å²) in [7, 11) is -1.30. The van der Waals surface area contributed by atoms with E-state index in [0.717, 1.165) is 16.0 Å². The normalized spacial score (nSPS) is 14.8. The third-order valence-electron chi connectivity index (χ3n) is 2.89. The van der Waals surface area contributed by atoms with E-state index in [1.165, 1.54) is 0 Å². The largest absolute Gasteiger partial charge is 0.389 e. The molecule has 0 saturated heterocycles. The maximum Gasteiger partial charge on any atom is 0.0853 e. The van der Waals surface area contributed by atoms with Gasteiger partial charge in [-0.05, 0) is 37.6 Å². The molecule has 2 nitrogen and oxygen atoms in total. The summed E-state index contributed by atoms with van der Waals surface area (Å²) in [6.07, 6.45) is 1.00. The van der Waals surface area contributed by atoms with Gasteiger partial charge in [0, 0.05) is 9.80 Å². The predicted octanol–water partition coefficient (Wildman–Crippen LogP) is 3.52. The minimum atomic E-state index is -1.30. The molecule has 0 unspecified atom stereocenters. The van der Waals surface area contributed by atoms with Gasteiger partial charge in [-0.2, -0.15) is 0 Å². The molecule has 0 aliphatic carbocycles. The molecule has 0 heterocycles.